The van der Waals surface area contributed by atoms with Crippen molar-refractivity contribution in [2.24, 2.45) is 0 Å². The molecule has 0 saturated heterocycles. The highest BCUT2D eigenvalue weighted by molar-refractivity contribution is 7.92. The number of ether oxygens (including phenoxy) is 1. The topological polar surface area (TPSA) is 154 Å². The zero-order valence-electron chi connectivity index (χ0n) is 22.6. The van der Waals surface area contributed by atoms with E-state index < -0.39 is 33.8 Å². The second-order valence-electron chi connectivity index (χ2n) is 9.00. The molecule has 0 spiro atoms. The zero-order valence-corrected chi connectivity index (χ0v) is 24.2. The molecule has 0 atom stereocenters. The molecule has 12 nitrogen and oxygen atoms in total. The molecule has 0 bridgehead atoms. The van der Waals surface area contributed by atoms with E-state index in [4.69, 9.17) is 4.74 Å². The second kappa shape index (κ2) is 12.4. The molecule has 3 aromatic rings. The van der Waals surface area contributed by atoms with Gasteiger partial charge in [0.15, 0.2) is 0 Å². The van der Waals surface area contributed by atoms with E-state index in [2.05, 4.69) is 16.2 Å². The first-order chi connectivity index (χ1) is 19.5. The molecule has 0 aliphatic carbocycles. The Labute approximate surface area is 241 Å². The van der Waals surface area contributed by atoms with Gasteiger partial charge in [0.2, 0.25) is 5.91 Å². The van der Waals surface area contributed by atoms with Crippen molar-refractivity contribution in [2.75, 3.05) is 29.8 Å². The molecule has 1 aliphatic rings. The van der Waals surface area contributed by atoms with Crippen LogP contribution in [0.3, 0.4) is 0 Å². The summed E-state index contributed by atoms with van der Waals surface area (Å²) in [6.07, 6.45) is -0.139. The Kier molecular flexibility index (Phi) is 8.93. The van der Waals surface area contributed by atoms with Crippen LogP contribution in [0.15, 0.2) is 59.5 Å². The molecule has 0 unspecified atom stereocenters. The Morgan fingerprint density at radius 2 is 1.68 bits per heavy atom. The fraction of sp³-hybridized carbons (Fsp3) is 0.259. The molecule has 2 heterocycles. The second-order valence-corrected chi connectivity index (χ2v) is 12.1. The van der Waals surface area contributed by atoms with Crippen LogP contribution in [0.5, 0.6) is 0 Å². The van der Waals surface area contributed by atoms with Gasteiger partial charge in [-0.25, -0.2) is 13.2 Å². The van der Waals surface area contributed by atoms with Gasteiger partial charge in [0.25, 0.3) is 21.8 Å². The molecular formula is C27H29N5O7S2. The fourth-order valence-electron chi connectivity index (χ4n) is 4.20. The first-order valence-corrected chi connectivity index (χ1v) is 14.9. The maximum Gasteiger partial charge on any atom is 0.410 e. The summed E-state index contributed by atoms with van der Waals surface area (Å²) in [5.74, 6) is -1.67. The number of para-hydroxylation sites is 1. The van der Waals surface area contributed by atoms with Crippen LogP contribution >= 0.6 is 11.3 Å². The lowest BCUT2D eigenvalue weighted by Gasteiger charge is -2.26. The Morgan fingerprint density at radius 1 is 1.00 bits per heavy atom. The van der Waals surface area contributed by atoms with Gasteiger partial charge < -0.3 is 15.0 Å². The minimum atomic E-state index is -3.87. The average molecular weight is 600 g/mol. The van der Waals surface area contributed by atoms with Crippen molar-refractivity contribution in [1.82, 2.24) is 15.8 Å². The summed E-state index contributed by atoms with van der Waals surface area (Å²) in [5, 5.41) is 2.97. The standard InChI is InChI=1S/C27H29N5O7S2/c1-4-39-27(36)32-15-14-21-22(16-32)40-26(23(21)25(35)30-29-17(2)33)28-24(34)18-10-12-20(13-11-18)41(37,38)31(3)19-8-6-5-7-9-19/h5-13H,4,14-16H2,1-3H3,(H,28,34)(H,29,33)(H,30,35). The van der Waals surface area contributed by atoms with Crippen LogP contribution in [0.2, 0.25) is 0 Å². The SMILES string of the molecule is CCOC(=O)N1CCc2c(sc(NC(=O)c3ccc(S(=O)(=O)N(C)c4ccccc4)cc3)c2C(=O)NNC(C)=O)C1. The van der Waals surface area contributed by atoms with Crippen molar-refractivity contribution in [3.63, 3.8) is 0 Å². The monoisotopic (exact) mass is 599 g/mol. The highest BCUT2D eigenvalue weighted by Gasteiger charge is 2.31. The Hall–Kier alpha value is -4.43. The van der Waals surface area contributed by atoms with Crippen LogP contribution in [0.4, 0.5) is 15.5 Å². The molecular weight excluding hydrogens is 570 g/mol. The van der Waals surface area contributed by atoms with Gasteiger partial charge in [-0.1, -0.05) is 18.2 Å². The van der Waals surface area contributed by atoms with Crippen LogP contribution in [0.25, 0.3) is 0 Å². The molecule has 1 aliphatic heterocycles. The van der Waals surface area contributed by atoms with Crippen LogP contribution in [-0.2, 0) is 32.5 Å². The first kappa shape index (κ1) is 29.6. The fourth-order valence-corrected chi connectivity index (χ4v) is 6.65. The van der Waals surface area contributed by atoms with Crippen molar-refractivity contribution in [3.05, 3.63) is 76.2 Å². The number of hydrogen-bond donors (Lipinski definition) is 3. The minimum absolute atomic E-state index is 0.00132. The minimum Gasteiger partial charge on any atom is -0.450 e. The Balaban J connectivity index is 1.58. The van der Waals surface area contributed by atoms with Crippen LogP contribution in [0, 0.1) is 0 Å². The summed E-state index contributed by atoms with van der Waals surface area (Å²) in [7, 11) is -2.42. The third-order valence-corrected chi connectivity index (χ3v) is 9.22. The number of nitrogens with one attached hydrogen (secondary N) is 3. The molecule has 4 amide bonds. The molecule has 14 heteroatoms. The van der Waals surface area contributed by atoms with Crippen molar-refractivity contribution in [3.8, 4) is 0 Å². The number of benzene rings is 2. The van der Waals surface area contributed by atoms with Gasteiger partial charge in [-0.3, -0.25) is 29.5 Å². The maximum atomic E-state index is 13.2. The van der Waals surface area contributed by atoms with Gasteiger partial charge in [0.05, 0.1) is 29.3 Å². The summed E-state index contributed by atoms with van der Waals surface area (Å²) < 4.78 is 32.4. The van der Waals surface area contributed by atoms with E-state index in [0.717, 1.165) is 15.6 Å². The third-order valence-electron chi connectivity index (χ3n) is 6.28. The van der Waals surface area contributed by atoms with Crippen LogP contribution in [-0.4, -0.2) is 57.3 Å². The number of anilines is 2. The number of rotatable bonds is 7. The third kappa shape index (κ3) is 6.49. The van der Waals surface area contributed by atoms with Crippen LogP contribution < -0.4 is 20.5 Å². The molecule has 0 radical (unpaired) electrons. The lowest BCUT2D eigenvalue weighted by molar-refractivity contribution is -0.119. The Morgan fingerprint density at radius 3 is 2.32 bits per heavy atom. The van der Waals surface area contributed by atoms with Gasteiger partial charge in [-0.15, -0.1) is 11.3 Å². The number of thiophene rings is 1. The summed E-state index contributed by atoms with van der Waals surface area (Å²) in [6, 6.07) is 14.0. The molecule has 1 aromatic heterocycles. The summed E-state index contributed by atoms with van der Waals surface area (Å²) in [4.78, 5) is 52.0. The molecule has 216 valence electrons. The number of nitrogens with zero attached hydrogens (tertiary/aromatic N) is 2. The van der Waals surface area contributed by atoms with Crippen molar-refractivity contribution in [1.29, 1.82) is 0 Å². The highest BCUT2D eigenvalue weighted by atomic mass is 32.2. The zero-order chi connectivity index (χ0) is 29.7. The van der Waals surface area contributed by atoms with Gasteiger partial charge in [0, 0.05) is 31.0 Å². The summed E-state index contributed by atoms with van der Waals surface area (Å²) in [5.41, 5.74) is 6.06. The van der Waals surface area contributed by atoms with Gasteiger partial charge in [-0.05, 0) is 55.3 Å². The van der Waals surface area contributed by atoms with E-state index in [1.165, 1.54) is 43.1 Å². The molecule has 3 N–H and O–H groups in total. The lowest BCUT2D eigenvalue weighted by Crippen LogP contribution is -2.41. The number of sulfonamides is 1. The maximum absolute atomic E-state index is 13.2. The number of hydrogen-bond acceptors (Lipinski definition) is 8. The van der Waals surface area contributed by atoms with E-state index >= 15 is 0 Å². The Bertz CT molecular complexity index is 1570. The van der Waals surface area contributed by atoms with Gasteiger partial charge in [0.1, 0.15) is 5.00 Å². The van der Waals surface area contributed by atoms with Crippen molar-refractivity contribution < 1.29 is 32.3 Å². The smallest absolute Gasteiger partial charge is 0.410 e. The van der Waals surface area contributed by atoms with Gasteiger partial charge >= 0.3 is 6.09 Å². The van der Waals surface area contributed by atoms with Gasteiger partial charge in [-0.2, -0.15) is 0 Å². The first-order valence-electron chi connectivity index (χ1n) is 12.6. The number of fused-ring (bicyclic) bond motifs is 1. The van der Waals surface area contributed by atoms with E-state index in [0.29, 0.717) is 29.1 Å². The molecule has 41 heavy (non-hydrogen) atoms. The van der Waals surface area contributed by atoms with E-state index in [1.807, 2.05) is 0 Å². The van der Waals surface area contributed by atoms with E-state index in [9.17, 15) is 27.6 Å². The highest BCUT2D eigenvalue weighted by Crippen LogP contribution is 2.37. The van der Waals surface area contributed by atoms with E-state index in [1.54, 1.807) is 37.3 Å². The summed E-state index contributed by atoms with van der Waals surface area (Å²) >= 11 is 1.14. The van der Waals surface area contributed by atoms with Crippen molar-refractivity contribution in [2.45, 2.75) is 31.7 Å². The van der Waals surface area contributed by atoms with Crippen molar-refractivity contribution >= 4 is 55.9 Å². The number of carbonyl (C=O) groups excluding carboxylic acids is 4. The largest absolute Gasteiger partial charge is 0.450 e. The quantitative estimate of drug-likeness (QED) is 0.353. The van der Waals surface area contributed by atoms with E-state index in [-0.39, 0.29) is 34.2 Å². The molecule has 0 saturated carbocycles. The average Bonchev–Trinajstić information content (AvgIpc) is 3.33. The summed E-state index contributed by atoms with van der Waals surface area (Å²) in [6.45, 7) is 3.67. The molecule has 4 rings (SSSR count). The number of amides is 4. The lowest BCUT2D eigenvalue weighted by atomic mass is 10.0. The molecule has 2 aromatic carbocycles. The normalized spacial score (nSPS) is 12.6. The number of hydrazine groups is 1. The molecule has 0 fully saturated rings. The predicted molar refractivity (Wildman–Crippen MR) is 153 cm³/mol. The van der Waals surface area contributed by atoms with Crippen LogP contribution in [0.1, 0.15) is 45.0 Å². The number of carbonyl (C=O) groups is 4. The predicted octanol–water partition coefficient (Wildman–Crippen LogP) is 3.12.